The van der Waals surface area contributed by atoms with E-state index in [9.17, 15) is 0 Å². The van der Waals surface area contributed by atoms with Gasteiger partial charge in [-0.25, -0.2) is 0 Å². The van der Waals surface area contributed by atoms with E-state index in [0.717, 1.165) is 5.88 Å². The molecule has 0 aliphatic carbocycles. The van der Waals surface area contributed by atoms with E-state index in [1.54, 1.807) is 0 Å². The predicted molar refractivity (Wildman–Crippen MR) is 69.0 cm³/mol. The Balaban J connectivity index is 3.11. The van der Waals surface area contributed by atoms with Crippen LogP contribution in [0.4, 0.5) is 0 Å². The molecule has 1 aromatic rings. The van der Waals surface area contributed by atoms with Crippen LogP contribution >= 0.6 is 11.6 Å². The van der Waals surface area contributed by atoms with Crippen molar-refractivity contribution in [3.05, 3.63) is 34.4 Å². The molecular formula is C14H21Cl. The summed E-state index contributed by atoms with van der Waals surface area (Å²) in [4.78, 5) is 0. The lowest BCUT2D eigenvalue weighted by molar-refractivity contribution is 0.663. The van der Waals surface area contributed by atoms with E-state index < -0.39 is 0 Å². The monoisotopic (exact) mass is 224 g/mol. The Labute approximate surface area is 98.7 Å². The number of rotatable bonds is 4. The van der Waals surface area contributed by atoms with Gasteiger partial charge in [0, 0.05) is 5.88 Å². The van der Waals surface area contributed by atoms with Crippen LogP contribution in [0, 0.1) is 20.8 Å². The molecule has 0 bridgehead atoms. The maximum atomic E-state index is 6.06. The zero-order chi connectivity index (χ0) is 11.4. The molecular weight excluding hydrogens is 204 g/mol. The summed E-state index contributed by atoms with van der Waals surface area (Å²) in [5, 5.41) is 0. The zero-order valence-electron chi connectivity index (χ0n) is 10.2. The number of hydrogen-bond donors (Lipinski definition) is 0. The molecule has 0 fully saturated rings. The van der Waals surface area contributed by atoms with E-state index in [-0.39, 0.29) is 0 Å². The topological polar surface area (TPSA) is 0 Å². The third-order valence-corrected chi connectivity index (χ3v) is 3.34. The highest BCUT2D eigenvalue weighted by Gasteiger charge is 2.14. The first-order valence-electron chi connectivity index (χ1n) is 5.73. The van der Waals surface area contributed by atoms with Crippen molar-refractivity contribution in [3.63, 3.8) is 0 Å². The van der Waals surface area contributed by atoms with Crippen molar-refractivity contribution in [2.45, 2.75) is 46.5 Å². The van der Waals surface area contributed by atoms with Crippen LogP contribution in [0.1, 0.15) is 47.9 Å². The van der Waals surface area contributed by atoms with Gasteiger partial charge in [0.25, 0.3) is 0 Å². The van der Waals surface area contributed by atoms with E-state index in [1.807, 2.05) is 0 Å². The van der Waals surface area contributed by atoms with Crippen molar-refractivity contribution >= 4 is 11.6 Å². The molecule has 1 atom stereocenters. The van der Waals surface area contributed by atoms with Crippen LogP contribution in [0.25, 0.3) is 0 Å². The van der Waals surface area contributed by atoms with E-state index in [0.29, 0.717) is 5.92 Å². The van der Waals surface area contributed by atoms with Crippen molar-refractivity contribution in [2.24, 2.45) is 0 Å². The van der Waals surface area contributed by atoms with Gasteiger partial charge in [0.05, 0.1) is 0 Å². The molecule has 1 heteroatoms. The molecule has 0 aliphatic rings. The molecule has 1 aromatic carbocycles. The molecule has 1 unspecified atom stereocenters. The summed E-state index contributed by atoms with van der Waals surface area (Å²) in [5.41, 5.74) is 5.61. The van der Waals surface area contributed by atoms with Crippen LogP contribution in [0.15, 0.2) is 12.1 Å². The Morgan fingerprint density at radius 1 is 1.13 bits per heavy atom. The summed E-state index contributed by atoms with van der Waals surface area (Å²) in [5.74, 6) is 1.26. The quantitative estimate of drug-likeness (QED) is 0.649. The van der Waals surface area contributed by atoms with E-state index >= 15 is 0 Å². The molecule has 0 N–H and O–H groups in total. The molecule has 0 heterocycles. The van der Waals surface area contributed by atoms with E-state index in [1.165, 1.54) is 35.1 Å². The molecule has 1 rings (SSSR count). The van der Waals surface area contributed by atoms with Gasteiger partial charge in [0.2, 0.25) is 0 Å². The molecule has 0 aliphatic heterocycles. The standard InChI is InChI=1S/C14H21Cl/c1-5-6-13(9-15)14-11(3)7-10(2)8-12(14)4/h7-8,13H,5-6,9H2,1-4H3. The van der Waals surface area contributed by atoms with Crippen molar-refractivity contribution in [1.82, 2.24) is 0 Å². The number of benzene rings is 1. The fourth-order valence-corrected chi connectivity index (χ4v) is 2.79. The summed E-state index contributed by atoms with van der Waals surface area (Å²) < 4.78 is 0. The minimum Gasteiger partial charge on any atom is -0.126 e. The molecule has 0 spiro atoms. The van der Waals surface area contributed by atoms with Crippen molar-refractivity contribution in [3.8, 4) is 0 Å². The summed E-state index contributed by atoms with van der Waals surface area (Å²) >= 11 is 6.06. The van der Waals surface area contributed by atoms with Crippen LogP contribution in [0.5, 0.6) is 0 Å². The second-order valence-corrected chi connectivity index (χ2v) is 4.76. The maximum absolute atomic E-state index is 6.06. The number of hydrogen-bond acceptors (Lipinski definition) is 0. The Hall–Kier alpha value is -0.490. The van der Waals surface area contributed by atoms with Crippen LogP contribution in [-0.4, -0.2) is 5.88 Å². The predicted octanol–water partition coefficient (Wildman–Crippen LogP) is 4.73. The normalized spacial score (nSPS) is 12.9. The van der Waals surface area contributed by atoms with Crippen molar-refractivity contribution < 1.29 is 0 Å². The molecule has 0 amide bonds. The summed E-state index contributed by atoms with van der Waals surface area (Å²) in [7, 11) is 0. The van der Waals surface area contributed by atoms with E-state index in [2.05, 4.69) is 39.8 Å². The summed E-state index contributed by atoms with van der Waals surface area (Å²) in [6.07, 6.45) is 2.39. The van der Waals surface area contributed by atoms with Crippen LogP contribution in [-0.2, 0) is 0 Å². The first-order valence-corrected chi connectivity index (χ1v) is 6.27. The van der Waals surface area contributed by atoms with Gasteiger partial charge in [-0.1, -0.05) is 31.0 Å². The molecule has 0 saturated carbocycles. The van der Waals surface area contributed by atoms with Crippen LogP contribution < -0.4 is 0 Å². The van der Waals surface area contributed by atoms with Crippen molar-refractivity contribution in [2.75, 3.05) is 5.88 Å². The Morgan fingerprint density at radius 3 is 2.07 bits per heavy atom. The summed E-state index contributed by atoms with van der Waals surface area (Å²) in [6.45, 7) is 8.77. The highest BCUT2D eigenvalue weighted by Crippen LogP contribution is 2.29. The van der Waals surface area contributed by atoms with Gasteiger partial charge < -0.3 is 0 Å². The molecule has 0 aromatic heterocycles. The third kappa shape index (κ3) is 2.98. The fraction of sp³-hybridized carbons (Fsp3) is 0.571. The van der Waals surface area contributed by atoms with Gasteiger partial charge in [0.15, 0.2) is 0 Å². The molecule has 0 radical (unpaired) electrons. The second kappa shape index (κ2) is 5.55. The summed E-state index contributed by atoms with van der Waals surface area (Å²) in [6, 6.07) is 4.52. The first kappa shape index (κ1) is 12.6. The van der Waals surface area contributed by atoms with Crippen molar-refractivity contribution in [1.29, 1.82) is 0 Å². The number of aryl methyl sites for hydroxylation is 3. The number of alkyl halides is 1. The zero-order valence-corrected chi connectivity index (χ0v) is 11.0. The van der Waals surface area contributed by atoms with Crippen LogP contribution in [0.3, 0.4) is 0 Å². The Morgan fingerprint density at radius 2 is 1.67 bits per heavy atom. The van der Waals surface area contributed by atoms with Gasteiger partial charge in [-0.2, -0.15) is 0 Å². The smallest absolute Gasteiger partial charge is 0.0292 e. The third-order valence-electron chi connectivity index (χ3n) is 2.97. The Kier molecular flexibility index (Phi) is 4.66. The molecule has 0 nitrogen and oxygen atoms in total. The molecule has 0 saturated heterocycles. The van der Waals surface area contributed by atoms with Gasteiger partial charge in [-0.05, 0) is 49.8 Å². The highest BCUT2D eigenvalue weighted by molar-refractivity contribution is 6.18. The largest absolute Gasteiger partial charge is 0.126 e. The SMILES string of the molecule is CCCC(CCl)c1c(C)cc(C)cc1C. The number of halogens is 1. The molecule has 84 valence electrons. The highest BCUT2D eigenvalue weighted by atomic mass is 35.5. The lowest BCUT2D eigenvalue weighted by Crippen LogP contribution is -2.05. The average Bonchev–Trinajstić information content (AvgIpc) is 2.14. The lowest BCUT2D eigenvalue weighted by atomic mass is 9.88. The molecule has 15 heavy (non-hydrogen) atoms. The van der Waals surface area contributed by atoms with E-state index in [4.69, 9.17) is 11.6 Å². The van der Waals surface area contributed by atoms with Gasteiger partial charge >= 0.3 is 0 Å². The first-order chi connectivity index (χ1) is 7.10. The lowest BCUT2D eigenvalue weighted by Gasteiger charge is -2.19. The van der Waals surface area contributed by atoms with Gasteiger partial charge in [0.1, 0.15) is 0 Å². The minimum atomic E-state index is 0.525. The minimum absolute atomic E-state index is 0.525. The fourth-order valence-electron chi connectivity index (χ4n) is 2.48. The second-order valence-electron chi connectivity index (χ2n) is 4.45. The van der Waals surface area contributed by atoms with Gasteiger partial charge in [-0.3, -0.25) is 0 Å². The van der Waals surface area contributed by atoms with Crippen LogP contribution in [0.2, 0.25) is 0 Å². The maximum Gasteiger partial charge on any atom is 0.0292 e. The van der Waals surface area contributed by atoms with Gasteiger partial charge in [-0.15, -0.1) is 11.6 Å². The average molecular weight is 225 g/mol. The Bertz CT molecular complexity index is 305.